The predicted molar refractivity (Wildman–Crippen MR) is 221 cm³/mol. The molecule has 0 amide bonds. The Labute approximate surface area is 336 Å². The van der Waals surface area contributed by atoms with Crippen LogP contribution in [0.15, 0.2) is 57.8 Å². The van der Waals surface area contributed by atoms with Crippen LogP contribution in [0.2, 0.25) is 18.1 Å². The molecule has 2 aliphatic rings. The number of nitrogens with zero attached hydrogens (tertiary/aromatic N) is 4. The Balaban J connectivity index is 1.06. The molecule has 0 aliphatic carbocycles. The van der Waals surface area contributed by atoms with Crippen LogP contribution in [0.5, 0.6) is 5.75 Å². The molecule has 0 saturated carbocycles. The summed E-state index contributed by atoms with van der Waals surface area (Å²) in [6.45, 7) is 22.4. The third kappa shape index (κ3) is 13.7. The highest BCUT2D eigenvalue weighted by molar-refractivity contribution is 6.74. The van der Waals surface area contributed by atoms with Crippen molar-refractivity contribution in [3.63, 3.8) is 0 Å². The van der Waals surface area contributed by atoms with Gasteiger partial charge in [0, 0.05) is 49.6 Å². The fourth-order valence-electron chi connectivity index (χ4n) is 5.85. The van der Waals surface area contributed by atoms with Crippen molar-refractivity contribution < 1.29 is 37.8 Å². The summed E-state index contributed by atoms with van der Waals surface area (Å²) in [7, 11) is -1.94. The van der Waals surface area contributed by atoms with Crippen molar-refractivity contribution in [3.05, 3.63) is 84.7 Å². The van der Waals surface area contributed by atoms with Crippen molar-refractivity contribution >= 4 is 19.7 Å². The summed E-state index contributed by atoms with van der Waals surface area (Å²) in [6.07, 6.45) is 6.43. The van der Waals surface area contributed by atoms with Crippen LogP contribution >= 0.6 is 0 Å². The number of nitro benzene ring substituents is 1. The van der Waals surface area contributed by atoms with E-state index in [9.17, 15) is 19.7 Å². The Morgan fingerprint density at radius 2 is 1.60 bits per heavy atom. The van der Waals surface area contributed by atoms with Gasteiger partial charge in [0.05, 0.1) is 70.9 Å². The molecule has 0 saturated heterocycles. The van der Waals surface area contributed by atoms with Gasteiger partial charge in [0.2, 0.25) is 0 Å². The Hall–Kier alpha value is -3.68. The molecule has 1 N–H and O–H groups in total. The standard InChI is InChI=1S/C40H63N5O11Si/c1-30(2)13-15-42-28-33-35(11-10-34(45(48)49)38(33)41-27-31(42)3)54-26-25-53-24-23-52-22-21-51-20-19-50-18-17-43-36(46)14-16-44(39(43)47)37-12-9-32(56-37)29-55-57(7,8)40(4,5)6/h9-14,16,31-32,37,41H,15,17-29H2,1-8H3/t31-,32-,37+/m0/s1. The minimum Gasteiger partial charge on any atom is -0.491 e. The topological polar surface area (TPSA) is 167 Å². The van der Waals surface area contributed by atoms with Crippen LogP contribution in [0.4, 0.5) is 11.4 Å². The monoisotopic (exact) mass is 817 g/mol. The molecule has 0 spiro atoms. The van der Waals surface area contributed by atoms with E-state index in [0.717, 1.165) is 16.7 Å². The van der Waals surface area contributed by atoms with Gasteiger partial charge in [0.1, 0.15) is 24.1 Å². The molecule has 16 nitrogen and oxygen atoms in total. The lowest BCUT2D eigenvalue weighted by atomic mass is 10.1. The van der Waals surface area contributed by atoms with Gasteiger partial charge in [0.15, 0.2) is 14.5 Å². The zero-order valence-corrected chi connectivity index (χ0v) is 36.0. The van der Waals surface area contributed by atoms with Crippen LogP contribution in [0.3, 0.4) is 0 Å². The number of fused-ring (bicyclic) bond motifs is 1. The second-order valence-electron chi connectivity index (χ2n) is 15.9. The zero-order chi connectivity index (χ0) is 41.6. The van der Waals surface area contributed by atoms with E-state index in [-0.39, 0.29) is 47.6 Å². The summed E-state index contributed by atoms with van der Waals surface area (Å²) in [6, 6.07) is 4.68. The van der Waals surface area contributed by atoms with Crippen molar-refractivity contribution in [2.24, 2.45) is 0 Å². The Morgan fingerprint density at radius 1 is 0.965 bits per heavy atom. The van der Waals surface area contributed by atoms with Crippen molar-refractivity contribution in [1.29, 1.82) is 0 Å². The molecule has 17 heteroatoms. The SMILES string of the molecule is CC(C)=CCN1Cc2c(OCCOCCOCCOCCOCCn3c(=O)ccn([C@H]4C=C[C@@H](CO[Si](C)(C)C(C)(C)C)O4)c3=O)ccc([N+](=O)[O-])c2NC[C@@H]1C. The summed E-state index contributed by atoms with van der Waals surface area (Å²) in [5, 5.41) is 15.1. The first kappa shape index (κ1) is 46.0. The number of allylic oxidation sites excluding steroid dienone is 1. The highest BCUT2D eigenvalue weighted by Crippen LogP contribution is 2.39. The van der Waals surface area contributed by atoms with E-state index in [4.69, 9.17) is 32.8 Å². The molecule has 0 radical (unpaired) electrons. The molecule has 1 aromatic carbocycles. The van der Waals surface area contributed by atoms with Gasteiger partial charge in [0.25, 0.3) is 11.2 Å². The first-order valence-corrected chi connectivity index (χ1v) is 22.6. The molecule has 2 aliphatic heterocycles. The Morgan fingerprint density at radius 3 is 2.21 bits per heavy atom. The minimum atomic E-state index is -1.94. The smallest absolute Gasteiger partial charge is 0.333 e. The predicted octanol–water partition coefficient (Wildman–Crippen LogP) is 5.12. The van der Waals surface area contributed by atoms with E-state index in [1.165, 1.54) is 28.5 Å². The van der Waals surface area contributed by atoms with Gasteiger partial charge >= 0.3 is 5.69 Å². The third-order valence-electron chi connectivity index (χ3n) is 10.4. The van der Waals surface area contributed by atoms with E-state index >= 15 is 0 Å². The van der Waals surface area contributed by atoms with Crippen LogP contribution in [0, 0.1) is 10.1 Å². The number of nitro groups is 1. The van der Waals surface area contributed by atoms with Crippen LogP contribution in [-0.4, -0.2) is 119 Å². The average molecular weight is 818 g/mol. The van der Waals surface area contributed by atoms with Gasteiger partial charge in [-0.15, -0.1) is 0 Å². The maximum atomic E-state index is 13.2. The molecule has 4 rings (SSSR count). The highest BCUT2D eigenvalue weighted by Gasteiger charge is 2.38. The molecule has 0 unspecified atom stereocenters. The summed E-state index contributed by atoms with van der Waals surface area (Å²) in [5.74, 6) is 0.599. The molecular formula is C40H63N5O11Si. The van der Waals surface area contributed by atoms with Gasteiger partial charge < -0.3 is 38.2 Å². The van der Waals surface area contributed by atoms with Gasteiger partial charge in [-0.1, -0.05) is 38.5 Å². The zero-order valence-electron chi connectivity index (χ0n) is 35.0. The average Bonchev–Trinajstić information content (AvgIpc) is 3.55. The first-order chi connectivity index (χ1) is 27.1. The molecule has 2 aromatic rings. The Kier molecular flexibility index (Phi) is 17.7. The Bertz CT molecular complexity index is 1780. The van der Waals surface area contributed by atoms with Crippen LogP contribution in [0.1, 0.15) is 53.3 Å². The van der Waals surface area contributed by atoms with Gasteiger partial charge in [-0.05, 0) is 51.0 Å². The molecule has 3 heterocycles. The second-order valence-corrected chi connectivity index (χ2v) is 20.8. The van der Waals surface area contributed by atoms with Crippen molar-refractivity contribution in [2.75, 3.05) is 84.5 Å². The number of hydrogen-bond donors (Lipinski definition) is 1. The maximum absolute atomic E-state index is 13.2. The minimum absolute atomic E-state index is 0.0393. The molecule has 3 atom stereocenters. The van der Waals surface area contributed by atoms with Crippen LogP contribution in [0.25, 0.3) is 0 Å². The van der Waals surface area contributed by atoms with Gasteiger partial charge in [-0.3, -0.25) is 28.9 Å². The molecule has 1 aromatic heterocycles. The number of nitrogens with one attached hydrogen (secondary N) is 1. The lowest BCUT2D eigenvalue weighted by Crippen LogP contribution is -2.43. The lowest BCUT2D eigenvalue weighted by molar-refractivity contribution is -0.384. The van der Waals surface area contributed by atoms with E-state index < -0.39 is 25.8 Å². The van der Waals surface area contributed by atoms with Gasteiger partial charge in [-0.25, -0.2) is 4.79 Å². The van der Waals surface area contributed by atoms with E-state index in [2.05, 4.69) is 70.9 Å². The number of anilines is 1. The summed E-state index contributed by atoms with van der Waals surface area (Å²) in [5.41, 5.74) is 1.66. The van der Waals surface area contributed by atoms with Crippen molar-refractivity contribution in [2.45, 2.75) is 91.1 Å². The fraction of sp³-hybridized carbons (Fsp3) is 0.650. The number of ether oxygens (including phenoxy) is 6. The molecule has 318 valence electrons. The molecule has 0 fully saturated rings. The fourth-order valence-corrected chi connectivity index (χ4v) is 6.86. The second kappa shape index (κ2) is 21.9. The number of aromatic nitrogens is 2. The normalized spacial score (nSPS) is 18.6. The van der Waals surface area contributed by atoms with Crippen molar-refractivity contribution in [3.8, 4) is 5.75 Å². The van der Waals surface area contributed by atoms with Crippen molar-refractivity contribution in [1.82, 2.24) is 14.0 Å². The highest BCUT2D eigenvalue weighted by atomic mass is 28.4. The number of hydrogen-bond acceptors (Lipinski definition) is 13. The number of benzene rings is 1. The molecule has 0 bridgehead atoms. The van der Waals surface area contributed by atoms with Crippen LogP contribution in [-0.2, 0) is 41.2 Å². The largest absolute Gasteiger partial charge is 0.491 e. The summed E-state index contributed by atoms with van der Waals surface area (Å²) in [4.78, 5) is 39.3. The van der Waals surface area contributed by atoms with E-state index in [1.807, 2.05) is 12.2 Å². The first-order valence-electron chi connectivity index (χ1n) is 19.7. The maximum Gasteiger partial charge on any atom is 0.333 e. The quantitative estimate of drug-likeness (QED) is 0.0517. The summed E-state index contributed by atoms with van der Waals surface area (Å²) >= 11 is 0. The summed E-state index contributed by atoms with van der Waals surface area (Å²) < 4.78 is 43.4. The molecule has 57 heavy (non-hydrogen) atoms. The lowest BCUT2D eigenvalue weighted by Gasteiger charge is -2.36. The van der Waals surface area contributed by atoms with E-state index in [0.29, 0.717) is 77.4 Å². The van der Waals surface area contributed by atoms with Gasteiger partial charge in [-0.2, -0.15) is 0 Å². The van der Waals surface area contributed by atoms with Crippen LogP contribution < -0.4 is 21.3 Å². The molecular weight excluding hydrogens is 755 g/mol. The third-order valence-corrected chi connectivity index (χ3v) is 14.9. The van der Waals surface area contributed by atoms with E-state index in [1.54, 1.807) is 6.07 Å². The number of rotatable bonds is 23.